The number of unbranched alkanes of at least 4 members (excludes halogenated alkanes) is 1. The normalized spacial score (nSPS) is 16.5. The van der Waals surface area contributed by atoms with Crippen molar-refractivity contribution in [3.8, 4) is 0 Å². The van der Waals surface area contributed by atoms with Crippen molar-refractivity contribution in [1.29, 1.82) is 0 Å². The molecule has 0 aromatic rings. The SMILES string of the molecule is C=C1C(=O)N(CCCC)C(=S)N(CC(=O)O)C1=O. The molecule has 6 nitrogen and oxygen atoms in total. The molecule has 0 spiro atoms. The predicted octanol–water partition coefficient (Wildman–Crippen LogP) is 0.383. The van der Waals surface area contributed by atoms with Gasteiger partial charge in [0.25, 0.3) is 11.8 Å². The van der Waals surface area contributed by atoms with Gasteiger partial charge >= 0.3 is 5.97 Å². The molecule has 0 atom stereocenters. The zero-order valence-electron chi connectivity index (χ0n) is 10.0. The van der Waals surface area contributed by atoms with Gasteiger partial charge in [0.05, 0.1) is 5.57 Å². The summed E-state index contributed by atoms with van der Waals surface area (Å²) in [6.45, 7) is 5.14. The summed E-state index contributed by atoms with van der Waals surface area (Å²) < 4.78 is 0. The molecule has 1 saturated heterocycles. The summed E-state index contributed by atoms with van der Waals surface area (Å²) in [6.07, 6.45) is 1.57. The molecule has 1 fully saturated rings. The Balaban J connectivity index is 2.96. The van der Waals surface area contributed by atoms with E-state index in [4.69, 9.17) is 17.3 Å². The molecular weight excluding hydrogens is 256 g/mol. The van der Waals surface area contributed by atoms with E-state index in [-0.39, 0.29) is 10.7 Å². The summed E-state index contributed by atoms with van der Waals surface area (Å²) in [6, 6.07) is 0. The second-order valence-electron chi connectivity index (χ2n) is 3.86. The molecule has 0 aromatic carbocycles. The molecule has 1 aliphatic heterocycles. The van der Waals surface area contributed by atoms with Crippen LogP contribution in [0.25, 0.3) is 0 Å². The fraction of sp³-hybridized carbons (Fsp3) is 0.455. The first-order chi connectivity index (χ1) is 8.40. The summed E-state index contributed by atoms with van der Waals surface area (Å²) in [7, 11) is 0. The van der Waals surface area contributed by atoms with E-state index in [1.807, 2.05) is 6.92 Å². The van der Waals surface area contributed by atoms with Crippen LogP contribution < -0.4 is 0 Å². The molecular formula is C11H14N2O4S. The van der Waals surface area contributed by atoms with Crippen LogP contribution in [-0.4, -0.2) is 50.9 Å². The van der Waals surface area contributed by atoms with Crippen LogP contribution in [0.3, 0.4) is 0 Å². The molecule has 0 radical (unpaired) electrons. The Morgan fingerprint density at radius 1 is 1.33 bits per heavy atom. The molecule has 0 saturated carbocycles. The number of carbonyl (C=O) groups excluding carboxylic acids is 2. The van der Waals surface area contributed by atoms with Crippen LogP contribution in [0.1, 0.15) is 19.8 Å². The third-order valence-electron chi connectivity index (χ3n) is 2.50. The first-order valence-electron chi connectivity index (χ1n) is 5.48. The molecule has 0 aromatic heterocycles. The maximum atomic E-state index is 11.8. The molecule has 7 heteroatoms. The van der Waals surface area contributed by atoms with E-state index >= 15 is 0 Å². The van der Waals surface area contributed by atoms with Crippen LogP contribution >= 0.6 is 12.2 Å². The molecule has 98 valence electrons. The van der Waals surface area contributed by atoms with Crippen molar-refractivity contribution in [3.63, 3.8) is 0 Å². The van der Waals surface area contributed by atoms with E-state index in [1.165, 1.54) is 4.90 Å². The van der Waals surface area contributed by atoms with Crippen molar-refractivity contribution in [2.45, 2.75) is 19.8 Å². The third-order valence-corrected chi connectivity index (χ3v) is 2.94. The summed E-state index contributed by atoms with van der Waals surface area (Å²) in [4.78, 5) is 36.4. The fourth-order valence-electron chi connectivity index (χ4n) is 1.52. The highest BCUT2D eigenvalue weighted by atomic mass is 32.1. The summed E-state index contributed by atoms with van der Waals surface area (Å²) in [5, 5.41) is 8.67. The van der Waals surface area contributed by atoms with Crippen molar-refractivity contribution in [2.75, 3.05) is 13.1 Å². The van der Waals surface area contributed by atoms with Crippen molar-refractivity contribution in [2.24, 2.45) is 0 Å². The Morgan fingerprint density at radius 2 is 1.89 bits per heavy atom. The zero-order valence-corrected chi connectivity index (χ0v) is 10.8. The van der Waals surface area contributed by atoms with Crippen molar-refractivity contribution >= 4 is 35.1 Å². The van der Waals surface area contributed by atoms with Gasteiger partial charge in [0.15, 0.2) is 5.11 Å². The minimum absolute atomic E-state index is 0.0618. The molecule has 1 N–H and O–H groups in total. The molecule has 1 rings (SSSR count). The predicted molar refractivity (Wildman–Crippen MR) is 67.7 cm³/mol. The van der Waals surface area contributed by atoms with Gasteiger partial charge in [-0.2, -0.15) is 0 Å². The lowest BCUT2D eigenvalue weighted by Gasteiger charge is -2.35. The minimum Gasteiger partial charge on any atom is -0.480 e. The zero-order chi connectivity index (χ0) is 13.9. The lowest BCUT2D eigenvalue weighted by molar-refractivity contribution is -0.143. The van der Waals surface area contributed by atoms with E-state index in [9.17, 15) is 14.4 Å². The number of hydrogen-bond donors (Lipinski definition) is 1. The Kier molecular flexibility index (Phi) is 4.55. The number of carboxylic acid groups (broad SMARTS) is 1. The molecule has 18 heavy (non-hydrogen) atoms. The second kappa shape index (κ2) is 5.72. The maximum absolute atomic E-state index is 11.8. The van der Waals surface area contributed by atoms with Gasteiger partial charge in [0.2, 0.25) is 0 Å². The molecule has 1 heterocycles. The lowest BCUT2D eigenvalue weighted by atomic mass is 10.1. The van der Waals surface area contributed by atoms with Gasteiger partial charge in [-0.15, -0.1) is 0 Å². The topological polar surface area (TPSA) is 77.9 Å². The number of thiocarbonyl (C=S) groups is 1. The van der Waals surface area contributed by atoms with Crippen LogP contribution in [0.2, 0.25) is 0 Å². The van der Waals surface area contributed by atoms with E-state index in [1.54, 1.807) is 0 Å². The van der Waals surface area contributed by atoms with Gasteiger partial charge in [0.1, 0.15) is 6.54 Å². The molecule has 0 bridgehead atoms. The smallest absolute Gasteiger partial charge is 0.323 e. The Hall–Kier alpha value is -1.76. The van der Waals surface area contributed by atoms with Crippen molar-refractivity contribution in [3.05, 3.63) is 12.2 Å². The monoisotopic (exact) mass is 270 g/mol. The third kappa shape index (κ3) is 2.73. The number of rotatable bonds is 5. The van der Waals surface area contributed by atoms with Gasteiger partial charge in [-0.3, -0.25) is 24.2 Å². The van der Waals surface area contributed by atoms with Crippen LogP contribution in [0.15, 0.2) is 12.2 Å². The number of carbonyl (C=O) groups is 3. The van der Waals surface area contributed by atoms with Crippen LogP contribution in [0.5, 0.6) is 0 Å². The largest absolute Gasteiger partial charge is 0.480 e. The average molecular weight is 270 g/mol. The lowest BCUT2D eigenvalue weighted by Crippen LogP contribution is -2.57. The van der Waals surface area contributed by atoms with Crippen LogP contribution in [0.4, 0.5) is 0 Å². The maximum Gasteiger partial charge on any atom is 0.323 e. The Bertz CT molecular complexity index is 433. The quantitative estimate of drug-likeness (QED) is 0.444. The Labute approximate surface area is 110 Å². The summed E-state index contributed by atoms with van der Waals surface area (Å²) in [5.74, 6) is -2.47. The highest BCUT2D eigenvalue weighted by Crippen LogP contribution is 2.16. The van der Waals surface area contributed by atoms with E-state index < -0.39 is 24.3 Å². The standard InChI is InChI=1S/C11H14N2O4S/c1-3-4-5-12-9(16)7(2)10(17)13(11(12)18)6-8(14)15/h2-6H2,1H3,(H,14,15). The molecule has 0 aliphatic carbocycles. The van der Waals surface area contributed by atoms with Gasteiger partial charge < -0.3 is 5.11 Å². The fourth-order valence-corrected chi connectivity index (χ4v) is 1.85. The highest BCUT2D eigenvalue weighted by Gasteiger charge is 2.38. The van der Waals surface area contributed by atoms with Gasteiger partial charge in [-0.05, 0) is 18.6 Å². The minimum atomic E-state index is -1.19. The van der Waals surface area contributed by atoms with E-state index in [0.717, 1.165) is 11.3 Å². The first kappa shape index (κ1) is 14.3. The van der Waals surface area contributed by atoms with Crippen LogP contribution in [-0.2, 0) is 14.4 Å². The van der Waals surface area contributed by atoms with Gasteiger partial charge in [-0.1, -0.05) is 19.9 Å². The van der Waals surface area contributed by atoms with Crippen molar-refractivity contribution in [1.82, 2.24) is 9.80 Å². The average Bonchev–Trinajstić information content (AvgIpc) is 2.32. The number of hydrogen-bond acceptors (Lipinski definition) is 4. The molecule has 1 aliphatic rings. The molecule has 0 unspecified atom stereocenters. The van der Waals surface area contributed by atoms with Crippen LogP contribution in [0, 0.1) is 0 Å². The van der Waals surface area contributed by atoms with Gasteiger partial charge in [0, 0.05) is 6.54 Å². The van der Waals surface area contributed by atoms with Crippen molar-refractivity contribution < 1.29 is 19.5 Å². The summed E-state index contributed by atoms with van der Waals surface area (Å²) >= 11 is 4.99. The Morgan fingerprint density at radius 3 is 2.39 bits per heavy atom. The molecule has 2 amide bonds. The second-order valence-corrected chi connectivity index (χ2v) is 4.22. The highest BCUT2D eigenvalue weighted by molar-refractivity contribution is 7.80. The van der Waals surface area contributed by atoms with Gasteiger partial charge in [-0.25, -0.2) is 0 Å². The van der Waals surface area contributed by atoms with E-state index in [2.05, 4.69) is 6.58 Å². The number of aliphatic carboxylic acids is 1. The summed E-state index contributed by atoms with van der Waals surface area (Å²) in [5.41, 5.74) is -0.249. The number of nitrogens with zero attached hydrogens (tertiary/aromatic N) is 2. The first-order valence-corrected chi connectivity index (χ1v) is 5.89. The number of amides is 2. The van der Waals surface area contributed by atoms with E-state index in [0.29, 0.717) is 13.0 Å². The number of carboxylic acids is 1.